The van der Waals surface area contributed by atoms with E-state index in [4.69, 9.17) is 0 Å². The van der Waals surface area contributed by atoms with Crippen molar-refractivity contribution in [3.8, 4) is 0 Å². The number of tetrazole rings is 1. The first-order valence-corrected chi connectivity index (χ1v) is 8.39. The molecular formula is C13H21N7S. The molecule has 3 rings (SSSR count). The Bertz CT molecular complexity index is 587. The molecule has 0 aliphatic heterocycles. The van der Waals surface area contributed by atoms with E-state index in [9.17, 15) is 0 Å². The van der Waals surface area contributed by atoms with Crippen LogP contribution in [0.4, 0.5) is 0 Å². The summed E-state index contributed by atoms with van der Waals surface area (Å²) in [4.78, 5) is 0. The molecule has 0 spiro atoms. The molecule has 0 unspecified atom stereocenters. The molecule has 1 fully saturated rings. The quantitative estimate of drug-likeness (QED) is 0.734. The number of thioether (sulfide) groups is 1. The van der Waals surface area contributed by atoms with Crippen LogP contribution in [-0.2, 0) is 25.8 Å². The molecule has 1 aliphatic rings. The lowest BCUT2D eigenvalue weighted by Gasteiger charge is -2.05. The summed E-state index contributed by atoms with van der Waals surface area (Å²) < 4.78 is 3.81. The molecule has 2 heterocycles. The fourth-order valence-electron chi connectivity index (χ4n) is 2.12. The van der Waals surface area contributed by atoms with Gasteiger partial charge in [-0.25, -0.2) is 4.68 Å². The Morgan fingerprint density at radius 2 is 2.29 bits per heavy atom. The summed E-state index contributed by atoms with van der Waals surface area (Å²) in [7, 11) is 1.98. The average Bonchev–Trinajstić information content (AvgIpc) is 3.08. The van der Waals surface area contributed by atoms with Crippen LogP contribution in [0.1, 0.15) is 31.2 Å². The summed E-state index contributed by atoms with van der Waals surface area (Å²) in [5, 5.41) is 20.8. The largest absolute Gasteiger partial charge is 0.312 e. The molecule has 2 aromatic rings. The number of aryl methyl sites for hydroxylation is 2. The Balaban J connectivity index is 1.54. The van der Waals surface area contributed by atoms with Gasteiger partial charge in [-0.3, -0.25) is 4.68 Å². The third-order valence-electron chi connectivity index (χ3n) is 3.57. The molecule has 1 N–H and O–H groups in total. The first-order chi connectivity index (χ1) is 10.3. The smallest absolute Gasteiger partial charge is 0.209 e. The maximum Gasteiger partial charge on any atom is 0.209 e. The van der Waals surface area contributed by atoms with Crippen LogP contribution < -0.4 is 5.32 Å². The lowest BCUT2D eigenvalue weighted by molar-refractivity contribution is 0.509. The van der Waals surface area contributed by atoms with Crippen LogP contribution in [0.5, 0.6) is 0 Å². The fourth-order valence-corrected chi connectivity index (χ4v) is 3.04. The van der Waals surface area contributed by atoms with Gasteiger partial charge in [0.25, 0.3) is 0 Å². The number of hydrogen-bond donors (Lipinski definition) is 1. The summed E-state index contributed by atoms with van der Waals surface area (Å²) in [6, 6.07) is 2.87. The Morgan fingerprint density at radius 1 is 1.43 bits per heavy atom. The highest BCUT2D eigenvalue weighted by molar-refractivity contribution is 7.98. The van der Waals surface area contributed by atoms with Crippen molar-refractivity contribution in [3.63, 3.8) is 0 Å². The standard InChI is InChI=1S/C13H21N7S/c1-3-10-8-12(19(2)16-10)9-21-13-15-17-18-20(13)7-6-14-11-4-5-11/h8,11,14H,3-7,9H2,1-2H3. The van der Waals surface area contributed by atoms with Crippen molar-refractivity contribution in [2.45, 2.75) is 49.7 Å². The first-order valence-electron chi connectivity index (χ1n) is 7.40. The zero-order chi connectivity index (χ0) is 14.7. The van der Waals surface area contributed by atoms with Gasteiger partial charge in [0.05, 0.1) is 12.2 Å². The number of nitrogens with zero attached hydrogens (tertiary/aromatic N) is 6. The minimum absolute atomic E-state index is 0.722. The SMILES string of the molecule is CCc1cc(CSc2nnnn2CCNC2CC2)n(C)n1. The molecule has 0 saturated heterocycles. The molecule has 0 bridgehead atoms. The second kappa shape index (κ2) is 6.57. The predicted octanol–water partition coefficient (Wildman–Crippen LogP) is 1.01. The lowest BCUT2D eigenvalue weighted by atomic mass is 10.3. The molecule has 0 amide bonds. The maximum atomic E-state index is 4.46. The van der Waals surface area contributed by atoms with Gasteiger partial charge in [-0.05, 0) is 35.8 Å². The molecule has 0 radical (unpaired) electrons. The number of rotatable bonds is 8. The van der Waals surface area contributed by atoms with Crippen molar-refractivity contribution in [3.05, 3.63) is 17.5 Å². The third kappa shape index (κ3) is 3.82. The van der Waals surface area contributed by atoms with Gasteiger partial charge in [0, 0.05) is 31.1 Å². The minimum Gasteiger partial charge on any atom is -0.312 e. The van der Waals surface area contributed by atoms with E-state index < -0.39 is 0 Å². The summed E-state index contributed by atoms with van der Waals surface area (Å²) in [5.74, 6) is 0.833. The normalized spacial score (nSPS) is 14.8. The summed E-state index contributed by atoms with van der Waals surface area (Å²) in [5.41, 5.74) is 2.32. The molecule has 0 atom stereocenters. The Morgan fingerprint density at radius 3 is 3.00 bits per heavy atom. The van der Waals surface area contributed by atoms with Gasteiger partial charge in [0.1, 0.15) is 0 Å². The highest BCUT2D eigenvalue weighted by Gasteiger charge is 2.20. The Labute approximate surface area is 128 Å². The predicted molar refractivity (Wildman–Crippen MR) is 81.0 cm³/mol. The molecule has 114 valence electrons. The lowest BCUT2D eigenvalue weighted by Crippen LogP contribution is -2.22. The zero-order valence-corrected chi connectivity index (χ0v) is 13.3. The van der Waals surface area contributed by atoms with E-state index in [1.807, 2.05) is 16.4 Å². The van der Waals surface area contributed by atoms with E-state index in [0.717, 1.165) is 42.2 Å². The van der Waals surface area contributed by atoms with Crippen LogP contribution in [0.2, 0.25) is 0 Å². The average molecular weight is 307 g/mol. The molecule has 8 heteroatoms. The van der Waals surface area contributed by atoms with Crippen molar-refractivity contribution < 1.29 is 0 Å². The van der Waals surface area contributed by atoms with E-state index in [0.29, 0.717) is 0 Å². The topological polar surface area (TPSA) is 73.5 Å². The van der Waals surface area contributed by atoms with Gasteiger partial charge in [-0.15, -0.1) is 5.10 Å². The molecular weight excluding hydrogens is 286 g/mol. The highest BCUT2D eigenvalue weighted by Crippen LogP contribution is 2.21. The third-order valence-corrected chi connectivity index (χ3v) is 4.56. The molecule has 7 nitrogen and oxygen atoms in total. The Hall–Kier alpha value is -1.41. The van der Waals surface area contributed by atoms with Crippen molar-refractivity contribution >= 4 is 11.8 Å². The number of aromatic nitrogens is 6. The molecule has 0 aromatic carbocycles. The molecule has 21 heavy (non-hydrogen) atoms. The van der Waals surface area contributed by atoms with Gasteiger partial charge < -0.3 is 5.32 Å². The summed E-state index contributed by atoms with van der Waals surface area (Å²) in [6.07, 6.45) is 3.57. The van der Waals surface area contributed by atoms with Crippen molar-refractivity contribution in [1.82, 2.24) is 35.3 Å². The fraction of sp³-hybridized carbons (Fsp3) is 0.692. The first kappa shape index (κ1) is 14.5. The van der Waals surface area contributed by atoms with E-state index in [1.165, 1.54) is 18.5 Å². The van der Waals surface area contributed by atoms with Crippen molar-refractivity contribution in [2.24, 2.45) is 7.05 Å². The van der Waals surface area contributed by atoms with E-state index >= 15 is 0 Å². The van der Waals surface area contributed by atoms with Gasteiger partial charge in [0.15, 0.2) is 0 Å². The minimum atomic E-state index is 0.722. The summed E-state index contributed by atoms with van der Waals surface area (Å²) >= 11 is 1.66. The highest BCUT2D eigenvalue weighted by atomic mass is 32.2. The van der Waals surface area contributed by atoms with Crippen LogP contribution in [0.15, 0.2) is 11.2 Å². The van der Waals surface area contributed by atoms with Crippen LogP contribution in [0.25, 0.3) is 0 Å². The second-order valence-corrected chi connectivity index (χ2v) is 6.25. The maximum absolute atomic E-state index is 4.46. The van der Waals surface area contributed by atoms with Gasteiger partial charge in [-0.1, -0.05) is 18.7 Å². The van der Waals surface area contributed by atoms with Gasteiger partial charge in [0.2, 0.25) is 5.16 Å². The van der Waals surface area contributed by atoms with Crippen molar-refractivity contribution in [1.29, 1.82) is 0 Å². The monoisotopic (exact) mass is 307 g/mol. The van der Waals surface area contributed by atoms with Crippen molar-refractivity contribution in [2.75, 3.05) is 6.54 Å². The number of hydrogen-bond acceptors (Lipinski definition) is 6. The Kier molecular flexibility index (Phi) is 4.54. The second-order valence-electron chi connectivity index (χ2n) is 5.31. The van der Waals surface area contributed by atoms with Crippen LogP contribution in [-0.4, -0.2) is 42.6 Å². The van der Waals surface area contributed by atoms with Crippen LogP contribution in [0, 0.1) is 0 Å². The number of nitrogens with one attached hydrogen (secondary N) is 1. The van der Waals surface area contributed by atoms with E-state index in [-0.39, 0.29) is 0 Å². The van der Waals surface area contributed by atoms with E-state index in [2.05, 4.69) is 38.9 Å². The molecule has 1 aliphatic carbocycles. The molecule has 1 saturated carbocycles. The summed E-state index contributed by atoms with van der Waals surface area (Å²) in [6.45, 7) is 3.86. The van der Waals surface area contributed by atoms with Gasteiger partial charge in [-0.2, -0.15) is 5.10 Å². The van der Waals surface area contributed by atoms with E-state index in [1.54, 1.807) is 11.8 Å². The van der Waals surface area contributed by atoms with Crippen LogP contribution >= 0.6 is 11.8 Å². The van der Waals surface area contributed by atoms with Gasteiger partial charge >= 0.3 is 0 Å². The zero-order valence-electron chi connectivity index (χ0n) is 12.5. The molecule has 2 aromatic heterocycles. The van der Waals surface area contributed by atoms with Crippen LogP contribution in [0.3, 0.4) is 0 Å².